The Bertz CT molecular complexity index is 961. The topological polar surface area (TPSA) is 69.5 Å². The lowest BCUT2D eigenvalue weighted by Gasteiger charge is -2.27. The van der Waals surface area contributed by atoms with Crippen LogP contribution in [0.5, 0.6) is 0 Å². The van der Waals surface area contributed by atoms with Crippen molar-refractivity contribution in [3.63, 3.8) is 0 Å². The lowest BCUT2D eigenvalue weighted by atomic mass is 10.2. The van der Waals surface area contributed by atoms with Gasteiger partial charge in [-0.2, -0.15) is 5.10 Å². The Hall–Kier alpha value is -2.93. The molecule has 0 unspecified atom stereocenters. The number of esters is 1. The van der Waals surface area contributed by atoms with Crippen molar-refractivity contribution in [2.45, 2.75) is 6.92 Å². The molecule has 0 amide bonds. The highest BCUT2D eigenvalue weighted by Gasteiger charge is 2.21. The molecule has 1 saturated heterocycles. The third kappa shape index (κ3) is 2.90. The zero-order valence-electron chi connectivity index (χ0n) is 14.8. The molecule has 4 rings (SSSR count). The van der Waals surface area contributed by atoms with Gasteiger partial charge in [0.2, 0.25) is 0 Å². The molecular weight excluding hydrogens is 332 g/mol. The van der Waals surface area contributed by atoms with E-state index in [0.717, 1.165) is 30.2 Å². The Morgan fingerprint density at radius 2 is 2.00 bits per heavy atom. The van der Waals surface area contributed by atoms with Gasteiger partial charge in [-0.05, 0) is 36.8 Å². The molecule has 134 valence electrons. The average Bonchev–Trinajstić information content (AvgIpc) is 3.07. The van der Waals surface area contributed by atoms with Gasteiger partial charge in [-0.3, -0.25) is 0 Å². The van der Waals surface area contributed by atoms with Gasteiger partial charge in [-0.25, -0.2) is 14.5 Å². The average molecular weight is 352 g/mol. The van der Waals surface area contributed by atoms with E-state index < -0.39 is 5.97 Å². The van der Waals surface area contributed by atoms with E-state index >= 15 is 0 Å². The van der Waals surface area contributed by atoms with E-state index in [1.54, 1.807) is 4.68 Å². The molecule has 0 bridgehead atoms. The highest BCUT2D eigenvalue weighted by molar-refractivity contribution is 6.01. The lowest BCUT2D eigenvalue weighted by Crippen LogP contribution is -2.36. The SMILES string of the molecule is COC(=O)c1nn(-c2cccc(C)c2)c2nc(N3CCOCC3)ccc12. The van der Waals surface area contributed by atoms with Crippen LogP contribution in [0.4, 0.5) is 5.82 Å². The van der Waals surface area contributed by atoms with Crippen LogP contribution in [0.2, 0.25) is 0 Å². The zero-order valence-corrected chi connectivity index (χ0v) is 14.8. The summed E-state index contributed by atoms with van der Waals surface area (Å²) in [6.07, 6.45) is 0. The number of carbonyl (C=O) groups excluding carboxylic acids is 1. The van der Waals surface area contributed by atoms with Crippen LogP contribution in [0.3, 0.4) is 0 Å². The van der Waals surface area contributed by atoms with Crippen molar-refractivity contribution in [3.05, 3.63) is 47.7 Å². The highest BCUT2D eigenvalue weighted by atomic mass is 16.5. The van der Waals surface area contributed by atoms with Crippen LogP contribution < -0.4 is 4.90 Å². The predicted octanol–water partition coefficient (Wildman–Crippen LogP) is 2.35. The van der Waals surface area contributed by atoms with Crippen LogP contribution in [0.1, 0.15) is 16.1 Å². The quantitative estimate of drug-likeness (QED) is 0.674. The minimum absolute atomic E-state index is 0.269. The van der Waals surface area contributed by atoms with Crippen molar-refractivity contribution in [1.82, 2.24) is 14.8 Å². The number of rotatable bonds is 3. The molecule has 0 saturated carbocycles. The summed E-state index contributed by atoms with van der Waals surface area (Å²) in [5, 5.41) is 5.17. The summed E-state index contributed by atoms with van der Waals surface area (Å²) in [6, 6.07) is 11.7. The maximum absolute atomic E-state index is 12.2. The molecule has 1 fully saturated rings. The molecule has 2 aromatic heterocycles. The number of hydrogen-bond donors (Lipinski definition) is 0. The molecule has 1 aliphatic rings. The number of benzene rings is 1. The summed E-state index contributed by atoms with van der Waals surface area (Å²) < 4.78 is 12.0. The van der Waals surface area contributed by atoms with Crippen LogP contribution in [0.25, 0.3) is 16.7 Å². The molecule has 0 radical (unpaired) electrons. The fourth-order valence-electron chi connectivity index (χ4n) is 3.14. The summed E-state index contributed by atoms with van der Waals surface area (Å²) in [7, 11) is 1.36. The number of methoxy groups -OCH3 is 1. The van der Waals surface area contributed by atoms with E-state index in [0.29, 0.717) is 24.2 Å². The molecule has 26 heavy (non-hydrogen) atoms. The van der Waals surface area contributed by atoms with Gasteiger partial charge in [0, 0.05) is 13.1 Å². The minimum Gasteiger partial charge on any atom is -0.464 e. The van der Waals surface area contributed by atoms with Crippen molar-refractivity contribution in [2.75, 3.05) is 38.3 Å². The summed E-state index contributed by atoms with van der Waals surface area (Å²) in [5.74, 6) is 0.383. The molecule has 7 heteroatoms. The summed E-state index contributed by atoms with van der Waals surface area (Å²) in [5.41, 5.74) is 2.87. The third-order valence-electron chi connectivity index (χ3n) is 4.48. The first-order valence-electron chi connectivity index (χ1n) is 8.55. The van der Waals surface area contributed by atoms with Crippen molar-refractivity contribution < 1.29 is 14.3 Å². The Morgan fingerprint density at radius 3 is 2.73 bits per heavy atom. The number of pyridine rings is 1. The van der Waals surface area contributed by atoms with Crippen molar-refractivity contribution in [2.24, 2.45) is 0 Å². The number of carbonyl (C=O) groups is 1. The Morgan fingerprint density at radius 1 is 1.19 bits per heavy atom. The van der Waals surface area contributed by atoms with Crippen molar-refractivity contribution in [1.29, 1.82) is 0 Å². The fraction of sp³-hybridized carbons (Fsp3) is 0.316. The third-order valence-corrected chi connectivity index (χ3v) is 4.48. The van der Waals surface area contributed by atoms with Gasteiger partial charge in [0.05, 0.1) is 31.4 Å². The van der Waals surface area contributed by atoms with Gasteiger partial charge in [-0.15, -0.1) is 0 Å². The number of ether oxygens (including phenoxy) is 2. The Labute approximate surface area is 151 Å². The van der Waals surface area contributed by atoms with Gasteiger partial charge in [0.25, 0.3) is 0 Å². The van der Waals surface area contributed by atoms with Crippen LogP contribution in [-0.4, -0.2) is 54.1 Å². The summed E-state index contributed by atoms with van der Waals surface area (Å²) in [4.78, 5) is 19.2. The first-order chi connectivity index (χ1) is 12.7. The van der Waals surface area contributed by atoms with E-state index in [-0.39, 0.29) is 5.69 Å². The second-order valence-electron chi connectivity index (χ2n) is 6.23. The molecule has 3 aromatic rings. The Balaban J connectivity index is 1.89. The van der Waals surface area contributed by atoms with Gasteiger partial charge in [-0.1, -0.05) is 12.1 Å². The van der Waals surface area contributed by atoms with Gasteiger partial charge in [0.1, 0.15) is 5.82 Å². The van der Waals surface area contributed by atoms with Gasteiger partial charge >= 0.3 is 5.97 Å². The molecule has 0 atom stereocenters. The molecule has 0 spiro atoms. The number of fused-ring (bicyclic) bond motifs is 1. The lowest BCUT2D eigenvalue weighted by molar-refractivity contribution is 0.0595. The number of anilines is 1. The van der Waals surface area contributed by atoms with Crippen LogP contribution in [0, 0.1) is 6.92 Å². The van der Waals surface area contributed by atoms with Crippen LogP contribution in [-0.2, 0) is 9.47 Å². The summed E-state index contributed by atoms with van der Waals surface area (Å²) in [6.45, 7) is 4.97. The van der Waals surface area contributed by atoms with E-state index in [2.05, 4.69) is 10.00 Å². The molecular formula is C19H20N4O3. The number of aromatic nitrogens is 3. The van der Waals surface area contributed by atoms with E-state index in [1.807, 2.05) is 43.3 Å². The van der Waals surface area contributed by atoms with Crippen molar-refractivity contribution in [3.8, 4) is 5.69 Å². The van der Waals surface area contributed by atoms with E-state index in [1.165, 1.54) is 7.11 Å². The van der Waals surface area contributed by atoms with Crippen molar-refractivity contribution >= 4 is 22.8 Å². The van der Waals surface area contributed by atoms with Crippen LogP contribution in [0.15, 0.2) is 36.4 Å². The summed E-state index contributed by atoms with van der Waals surface area (Å²) >= 11 is 0. The number of morpholine rings is 1. The standard InChI is InChI=1S/C19H20N4O3/c1-13-4-3-5-14(12-13)23-18-15(17(21-23)19(24)25-2)6-7-16(20-18)22-8-10-26-11-9-22/h3-7,12H,8-11H2,1-2H3. The molecule has 1 aliphatic heterocycles. The Kier molecular flexibility index (Phi) is 4.30. The number of nitrogens with zero attached hydrogens (tertiary/aromatic N) is 4. The normalized spacial score (nSPS) is 14.6. The second kappa shape index (κ2) is 6.76. The molecule has 3 heterocycles. The smallest absolute Gasteiger partial charge is 0.359 e. The van der Waals surface area contributed by atoms with Gasteiger partial charge in [0.15, 0.2) is 11.3 Å². The monoisotopic (exact) mass is 352 g/mol. The highest BCUT2D eigenvalue weighted by Crippen LogP contribution is 2.25. The predicted molar refractivity (Wildman–Crippen MR) is 98.0 cm³/mol. The number of hydrogen-bond acceptors (Lipinski definition) is 6. The largest absolute Gasteiger partial charge is 0.464 e. The first kappa shape index (κ1) is 16.5. The minimum atomic E-state index is -0.470. The maximum Gasteiger partial charge on any atom is 0.359 e. The maximum atomic E-state index is 12.2. The van der Waals surface area contributed by atoms with E-state index in [9.17, 15) is 4.79 Å². The molecule has 7 nitrogen and oxygen atoms in total. The van der Waals surface area contributed by atoms with E-state index in [4.69, 9.17) is 14.5 Å². The fourth-order valence-corrected chi connectivity index (χ4v) is 3.14. The zero-order chi connectivity index (χ0) is 18.1. The molecule has 0 aliphatic carbocycles. The van der Waals surface area contributed by atoms with Crippen LogP contribution >= 0.6 is 0 Å². The molecule has 0 N–H and O–H groups in total. The van der Waals surface area contributed by atoms with Gasteiger partial charge < -0.3 is 14.4 Å². The molecule has 1 aromatic carbocycles. The number of aryl methyl sites for hydroxylation is 1. The first-order valence-corrected chi connectivity index (χ1v) is 8.55. The second-order valence-corrected chi connectivity index (χ2v) is 6.23.